The summed E-state index contributed by atoms with van der Waals surface area (Å²) in [7, 11) is 0. The molecule has 0 amide bonds. The quantitative estimate of drug-likeness (QED) is 0.549. The van der Waals surface area contributed by atoms with Crippen LogP contribution in [0.3, 0.4) is 0 Å². The summed E-state index contributed by atoms with van der Waals surface area (Å²) in [4.78, 5) is 8.68. The average molecular weight is 324 g/mol. The summed E-state index contributed by atoms with van der Waals surface area (Å²) >= 11 is 0. The Morgan fingerprint density at radius 3 is 1.83 bits per heavy atom. The van der Waals surface area contributed by atoms with Crippen molar-refractivity contribution in [2.75, 3.05) is 0 Å². The molecule has 2 aromatic carbocycles. The Kier molecular flexibility index (Phi) is 4.20. The third kappa shape index (κ3) is 3.55. The van der Waals surface area contributed by atoms with E-state index >= 15 is 0 Å². The molecule has 0 radical (unpaired) electrons. The van der Waals surface area contributed by atoms with Crippen molar-refractivity contribution in [3.05, 3.63) is 71.3 Å². The highest BCUT2D eigenvalue weighted by molar-refractivity contribution is 5.42. The molecule has 1 heterocycles. The van der Waals surface area contributed by atoms with E-state index in [-0.39, 0.29) is 23.0 Å². The molecule has 6 nitrogen and oxygen atoms in total. The second-order valence-electron chi connectivity index (χ2n) is 5.46. The lowest BCUT2D eigenvalue weighted by Gasteiger charge is -2.06. The van der Waals surface area contributed by atoms with E-state index in [4.69, 9.17) is 0 Å². The number of hydrogen-bond donors (Lipinski definition) is 4. The molecule has 0 atom stereocenters. The SMILES string of the molecule is Oc1ccc(Cc2ccnc(Cc3ccc(O)c(O)c3)n2)cc1O. The van der Waals surface area contributed by atoms with Gasteiger partial charge in [0.05, 0.1) is 0 Å². The molecule has 0 bridgehead atoms. The fourth-order valence-electron chi connectivity index (χ4n) is 2.37. The molecule has 0 fully saturated rings. The summed E-state index contributed by atoms with van der Waals surface area (Å²) in [5.74, 6) is -0.0833. The Hall–Kier alpha value is -3.28. The first-order valence-corrected chi connectivity index (χ1v) is 7.34. The van der Waals surface area contributed by atoms with Crippen LogP contribution in [0.15, 0.2) is 48.7 Å². The molecule has 0 saturated heterocycles. The maximum Gasteiger partial charge on any atom is 0.157 e. The molecule has 0 spiro atoms. The lowest BCUT2D eigenvalue weighted by molar-refractivity contribution is 0.403. The van der Waals surface area contributed by atoms with E-state index in [9.17, 15) is 20.4 Å². The van der Waals surface area contributed by atoms with Gasteiger partial charge >= 0.3 is 0 Å². The molecule has 6 heteroatoms. The van der Waals surface area contributed by atoms with Gasteiger partial charge in [-0.3, -0.25) is 0 Å². The van der Waals surface area contributed by atoms with Crippen LogP contribution in [0.25, 0.3) is 0 Å². The monoisotopic (exact) mass is 324 g/mol. The Morgan fingerprint density at radius 1 is 0.667 bits per heavy atom. The van der Waals surface area contributed by atoms with Crippen LogP contribution >= 0.6 is 0 Å². The van der Waals surface area contributed by atoms with E-state index in [1.165, 1.54) is 24.3 Å². The second kappa shape index (κ2) is 6.45. The maximum atomic E-state index is 9.55. The van der Waals surface area contributed by atoms with Gasteiger partial charge in [-0.1, -0.05) is 12.1 Å². The second-order valence-corrected chi connectivity index (χ2v) is 5.46. The largest absolute Gasteiger partial charge is 0.504 e. The molecule has 0 aliphatic rings. The molecule has 3 rings (SSSR count). The number of nitrogens with zero attached hydrogens (tertiary/aromatic N) is 2. The van der Waals surface area contributed by atoms with Crippen molar-refractivity contribution in [2.45, 2.75) is 12.8 Å². The Labute approximate surface area is 138 Å². The van der Waals surface area contributed by atoms with Gasteiger partial charge < -0.3 is 20.4 Å². The molecule has 4 N–H and O–H groups in total. The van der Waals surface area contributed by atoms with E-state index < -0.39 is 0 Å². The van der Waals surface area contributed by atoms with E-state index in [1.807, 2.05) is 0 Å². The minimum atomic E-state index is -0.178. The van der Waals surface area contributed by atoms with Crippen LogP contribution in [-0.2, 0) is 12.8 Å². The lowest BCUT2D eigenvalue weighted by atomic mass is 10.1. The van der Waals surface area contributed by atoms with Crippen LogP contribution in [-0.4, -0.2) is 30.4 Å². The summed E-state index contributed by atoms with van der Waals surface area (Å²) in [5.41, 5.74) is 2.37. The van der Waals surface area contributed by atoms with Crippen LogP contribution in [0.4, 0.5) is 0 Å². The van der Waals surface area contributed by atoms with Gasteiger partial charge in [0.15, 0.2) is 23.0 Å². The summed E-state index contributed by atoms with van der Waals surface area (Å²) in [6, 6.07) is 11.0. The van der Waals surface area contributed by atoms with Gasteiger partial charge in [-0.05, 0) is 41.5 Å². The highest BCUT2D eigenvalue weighted by Gasteiger charge is 2.07. The van der Waals surface area contributed by atoms with Crippen molar-refractivity contribution < 1.29 is 20.4 Å². The zero-order valence-corrected chi connectivity index (χ0v) is 12.7. The van der Waals surface area contributed by atoms with Crippen molar-refractivity contribution in [1.29, 1.82) is 0 Å². The predicted octanol–water partition coefficient (Wildman–Crippen LogP) is 2.48. The Bertz CT molecular complexity index is 812. The number of phenols is 4. The zero-order chi connectivity index (χ0) is 17.1. The van der Waals surface area contributed by atoms with E-state index in [2.05, 4.69) is 9.97 Å². The van der Waals surface area contributed by atoms with E-state index in [0.717, 1.165) is 16.8 Å². The molecular weight excluding hydrogens is 308 g/mol. The predicted molar refractivity (Wildman–Crippen MR) is 87.2 cm³/mol. The zero-order valence-electron chi connectivity index (χ0n) is 12.7. The number of aromatic hydroxyl groups is 4. The van der Waals surface area contributed by atoms with E-state index in [0.29, 0.717) is 18.7 Å². The summed E-state index contributed by atoms with van der Waals surface area (Å²) in [6.07, 6.45) is 2.56. The summed E-state index contributed by atoms with van der Waals surface area (Å²) in [6.45, 7) is 0. The van der Waals surface area contributed by atoms with Crippen LogP contribution in [0.2, 0.25) is 0 Å². The molecule has 0 aliphatic heterocycles. The van der Waals surface area contributed by atoms with Crippen LogP contribution in [0.5, 0.6) is 23.0 Å². The molecule has 3 aromatic rings. The standard InChI is InChI=1S/C18H16N2O4/c21-14-3-1-11(8-16(14)23)7-13-5-6-19-18(20-13)10-12-2-4-15(22)17(24)9-12/h1-6,8-9,21-24H,7,10H2. The van der Waals surface area contributed by atoms with Gasteiger partial charge in [-0.25, -0.2) is 9.97 Å². The smallest absolute Gasteiger partial charge is 0.157 e. The van der Waals surface area contributed by atoms with Crippen molar-refractivity contribution in [3.63, 3.8) is 0 Å². The number of benzene rings is 2. The molecule has 122 valence electrons. The highest BCUT2D eigenvalue weighted by atomic mass is 16.3. The number of phenolic OH excluding ortho intramolecular Hbond substituents is 4. The molecule has 0 aliphatic carbocycles. The molecule has 0 unspecified atom stereocenters. The Balaban J connectivity index is 1.78. The fourth-order valence-corrected chi connectivity index (χ4v) is 2.37. The molecule has 1 aromatic heterocycles. The Morgan fingerprint density at radius 2 is 1.25 bits per heavy atom. The summed E-state index contributed by atoms with van der Waals surface area (Å²) < 4.78 is 0. The van der Waals surface area contributed by atoms with Crippen LogP contribution in [0, 0.1) is 0 Å². The minimum Gasteiger partial charge on any atom is -0.504 e. The van der Waals surface area contributed by atoms with Gasteiger partial charge in [-0.15, -0.1) is 0 Å². The third-order valence-corrected chi connectivity index (χ3v) is 3.59. The highest BCUT2D eigenvalue weighted by Crippen LogP contribution is 2.27. The fraction of sp³-hybridized carbons (Fsp3) is 0.111. The first-order valence-electron chi connectivity index (χ1n) is 7.34. The van der Waals surface area contributed by atoms with Gasteiger partial charge in [0.2, 0.25) is 0 Å². The van der Waals surface area contributed by atoms with Crippen molar-refractivity contribution in [2.24, 2.45) is 0 Å². The summed E-state index contributed by atoms with van der Waals surface area (Å²) in [5, 5.41) is 37.8. The van der Waals surface area contributed by atoms with Crippen molar-refractivity contribution >= 4 is 0 Å². The number of hydrogen-bond acceptors (Lipinski definition) is 6. The lowest BCUT2D eigenvalue weighted by Crippen LogP contribution is -2.01. The van der Waals surface area contributed by atoms with Crippen LogP contribution in [0.1, 0.15) is 22.6 Å². The molecular formula is C18H16N2O4. The first kappa shape index (κ1) is 15.6. The molecule has 24 heavy (non-hydrogen) atoms. The van der Waals surface area contributed by atoms with Crippen LogP contribution < -0.4 is 0 Å². The molecule has 0 saturated carbocycles. The number of rotatable bonds is 4. The van der Waals surface area contributed by atoms with Gasteiger partial charge in [0, 0.05) is 24.7 Å². The van der Waals surface area contributed by atoms with Gasteiger partial charge in [-0.2, -0.15) is 0 Å². The van der Waals surface area contributed by atoms with Crippen molar-refractivity contribution in [1.82, 2.24) is 9.97 Å². The normalized spacial score (nSPS) is 10.7. The topological polar surface area (TPSA) is 107 Å². The average Bonchev–Trinajstić information content (AvgIpc) is 2.55. The van der Waals surface area contributed by atoms with Gasteiger partial charge in [0.1, 0.15) is 5.82 Å². The minimum absolute atomic E-state index is 0.158. The van der Waals surface area contributed by atoms with Gasteiger partial charge in [0.25, 0.3) is 0 Å². The maximum absolute atomic E-state index is 9.55. The van der Waals surface area contributed by atoms with Crippen molar-refractivity contribution in [3.8, 4) is 23.0 Å². The first-order chi connectivity index (χ1) is 11.5. The van der Waals surface area contributed by atoms with E-state index in [1.54, 1.807) is 24.4 Å². The number of aromatic nitrogens is 2. The third-order valence-electron chi connectivity index (χ3n) is 3.59.